The third-order valence-electron chi connectivity index (χ3n) is 4.11. The first-order valence-electron chi connectivity index (χ1n) is 6.69. The minimum Gasteiger partial charge on any atom is -0.366 e. The number of piperazine rings is 1. The van der Waals surface area contributed by atoms with E-state index in [1.54, 1.807) is 12.1 Å². The molecular weight excluding hydrogens is 234 g/mol. The number of anilines is 1. The molecule has 2 saturated heterocycles. The molecule has 1 aromatic carbocycles. The molecule has 0 spiro atoms. The lowest BCUT2D eigenvalue weighted by atomic mass is 9.99. The lowest BCUT2D eigenvalue weighted by molar-refractivity contribution is 0.133. The summed E-state index contributed by atoms with van der Waals surface area (Å²) in [4.78, 5) is 4.47. The minimum atomic E-state index is -0.751. The van der Waals surface area contributed by atoms with E-state index in [2.05, 4.69) is 4.90 Å². The molecule has 2 aliphatic heterocycles. The standard InChI is InChI=1S/C14H18F2N2/c15-12-5-3-6-13(14(12)16)18-9-8-17-7-2-1-4-11(17)10-18/h3,5-6,11H,1-2,4,7-10H2. The fraction of sp³-hybridized carbons (Fsp3) is 0.571. The summed E-state index contributed by atoms with van der Waals surface area (Å²) in [7, 11) is 0. The Morgan fingerprint density at radius 1 is 1.06 bits per heavy atom. The maximum atomic E-state index is 13.8. The highest BCUT2D eigenvalue weighted by Gasteiger charge is 2.30. The molecule has 2 fully saturated rings. The highest BCUT2D eigenvalue weighted by molar-refractivity contribution is 5.48. The van der Waals surface area contributed by atoms with E-state index in [1.807, 2.05) is 4.90 Å². The summed E-state index contributed by atoms with van der Waals surface area (Å²) in [5, 5.41) is 0. The second-order valence-corrected chi connectivity index (χ2v) is 5.20. The van der Waals surface area contributed by atoms with Gasteiger partial charge in [-0.15, -0.1) is 0 Å². The van der Waals surface area contributed by atoms with Crippen LogP contribution >= 0.6 is 0 Å². The normalized spacial score (nSPS) is 25.0. The zero-order valence-corrected chi connectivity index (χ0v) is 10.4. The smallest absolute Gasteiger partial charge is 0.182 e. The van der Waals surface area contributed by atoms with Crippen molar-refractivity contribution < 1.29 is 8.78 Å². The van der Waals surface area contributed by atoms with Crippen LogP contribution in [0.2, 0.25) is 0 Å². The second kappa shape index (κ2) is 4.84. The van der Waals surface area contributed by atoms with Gasteiger partial charge in [-0.2, -0.15) is 0 Å². The van der Waals surface area contributed by atoms with Crippen molar-refractivity contribution >= 4 is 5.69 Å². The summed E-state index contributed by atoms with van der Waals surface area (Å²) in [5.41, 5.74) is 0.417. The van der Waals surface area contributed by atoms with Crippen LogP contribution in [-0.4, -0.2) is 37.1 Å². The van der Waals surface area contributed by atoms with Crippen LogP contribution in [0, 0.1) is 11.6 Å². The van der Waals surface area contributed by atoms with Gasteiger partial charge in [0.15, 0.2) is 11.6 Å². The predicted octanol–water partition coefficient (Wildman–Crippen LogP) is 2.64. The van der Waals surface area contributed by atoms with E-state index in [0.717, 1.165) is 26.2 Å². The molecule has 3 rings (SSSR count). The number of nitrogens with zero attached hydrogens (tertiary/aromatic N) is 2. The third-order valence-corrected chi connectivity index (χ3v) is 4.11. The van der Waals surface area contributed by atoms with Crippen molar-refractivity contribution in [3.63, 3.8) is 0 Å². The van der Waals surface area contributed by atoms with E-state index in [-0.39, 0.29) is 0 Å². The molecule has 0 aromatic heterocycles. The summed E-state index contributed by atoms with van der Waals surface area (Å²) in [6.07, 6.45) is 3.69. The molecule has 98 valence electrons. The number of fused-ring (bicyclic) bond motifs is 1. The molecular formula is C14H18F2N2. The lowest BCUT2D eigenvalue weighted by Crippen LogP contribution is -2.55. The molecule has 0 saturated carbocycles. The van der Waals surface area contributed by atoms with Gasteiger partial charge in [0.05, 0.1) is 5.69 Å². The zero-order valence-electron chi connectivity index (χ0n) is 10.4. The average molecular weight is 252 g/mol. The number of hydrogen-bond donors (Lipinski definition) is 0. The van der Waals surface area contributed by atoms with Crippen molar-refractivity contribution in [1.29, 1.82) is 0 Å². The van der Waals surface area contributed by atoms with Gasteiger partial charge in [-0.3, -0.25) is 4.90 Å². The number of halogens is 2. The van der Waals surface area contributed by atoms with Crippen LogP contribution in [-0.2, 0) is 0 Å². The van der Waals surface area contributed by atoms with E-state index in [0.29, 0.717) is 11.7 Å². The molecule has 2 aliphatic rings. The highest BCUT2D eigenvalue weighted by atomic mass is 19.2. The Hall–Kier alpha value is -1.16. The maximum Gasteiger partial charge on any atom is 0.182 e. The summed E-state index contributed by atoms with van der Waals surface area (Å²) in [6.45, 7) is 3.72. The Balaban J connectivity index is 1.79. The van der Waals surface area contributed by atoms with Crippen molar-refractivity contribution in [1.82, 2.24) is 4.90 Å². The summed E-state index contributed by atoms with van der Waals surface area (Å²) < 4.78 is 27.0. The van der Waals surface area contributed by atoms with Crippen LogP contribution in [0.15, 0.2) is 18.2 Å². The Bertz CT molecular complexity index is 436. The van der Waals surface area contributed by atoms with E-state index in [9.17, 15) is 8.78 Å². The van der Waals surface area contributed by atoms with Gasteiger partial charge in [0.1, 0.15) is 0 Å². The van der Waals surface area contributed by atoms with Gasteiger partial charge in [0, 0.05) is 25.7 Å². The van der Waals surface area contributed by atoms with Gasteiger partial charge in [0.2, 0.25) is 0 Å². The van der Waals surface area contributed by atoms with Crippen LogP contribution < -0.4 is 4.90 Å². The van der Waals surface area contributed by atoms with Gasteiger partial charge < -0.3 is 4.90 Å². The molecule has 1 aromatic rings. The third kappa shape index (κ3) is 2.09. The fourth-order valence-electron chi connectivity index (χ4n) is 3.11. The first kappa shape index (κ1) is 11.9. The summed E-state index contributed by atoms with van der Waals surface area (Å²) >= 11 is 0. The highest BCUT2D eigenvalue weighted by Crippen LogP contribution is 2.27. The van der Waals surface area contributed by atoms with E-state index in [4.69, 9.17) is 0 Å². The molecule has 2 nitrogen and oxygen atoms in total. The minimum absolute atomic E-state index is 0.417. The molecule has 0 aliphatic carbocycles. The molecule has 0 amide bonds. The molecule has 1 unspecified atom stereocenters. The van der Waals surface area contributed by atoms with Crippen molar-refractivity contribution in [3.05, 3.63) is 29.8 Å². The van der Waals surface area contributed by atoms with Crippen LogP contribution in [0.3, 0.4) is 0 Å². The SMILES string of the molecule is Fc1cccc(N2CCN3CCCCC3C2)c1F. The first-order chi connectivity index (χ1) is 8.75. The van der Waals surface area contributed by atoms with Crippen LogP contribution in [0.1, 0.15) is 19.3 Å². The van der Waals surface area contributed by atoms with E-state index >= 15 is 0 Å². The van der Waals surface area contributed by atoms with Crippen molar-refractivity contribution in [2.24, 2.45) is 0 Å². The molecule has 1 atom stereocenters. The van der Waals surface area contributed by atoms with Crippen molar-refractivity contribution in [2.45, 2.75) is 25.3 Å². The van der Waals surface area contributed by atoms with Crippen LogP contribution in [0.25, 0.3) is 0 Å². The average Bonchev–Trinajstić information content (AvgIpc) is 2.41. The lowest BCUT2D eigenvalue weighted by Gasteiger charge is -2.44. The van der Waals surface area contributed by atoms with Crippen molar-refractivity contribution in [2.75, 3.05) is 31.1 Å². The Kier molecular flexibility index (Phi) is 3.20. The Labute approximate surface area is 106 Å². The van der Waals surface area contributed by atoms with Gasteiger partial charge in [0.25, 0.3) is 0 Å². The largest absolute Gasteiger partial charge is 0.366 e. The Morgan fingerprint density at radius 3 is 2.83 bits per heavy atom. The van der Waals surface area contributed by atoms with E-state index < -0.39 is 11.6 Å². The Morgan fingerprint density at radius 2 is 1.94 bits per heavy atom. The van der Waals surface area contributed by atoms with Gasteiger partial charge >= 0.3 is 0 Å². The monoisotopic (exact) mass is 252 g/mol. The summed E-state index contributed by atoms with van der Waals surface area (Å²) in [5.74, 6) is -1.46. The zero-order chi connectivity index (χ0) is 12.5. The van der Waals surface area contributed by atoms with Crippen LogP contribution in [0.4, 0.5) is 14.5 Å². The fourth-order valence-corrected chi connectivity index (χ4v) is 3.11. The maximum absolute atomic E-state index is 13.8. The topological polar surface area (TPSA) is 6.48 Å². The number of hydrogen-bond acceptors (Lipinski definition) is 2. The number of rotatable bonds is 1. The summed E-state index contributed by atoms with van der Waals surface area (Å²) in [6, 6.07) is 4.95. The van der Waals surface area contributed by atoms with E-state index in [1.165, 1.54) is 25.3 Å². The van der Waals surface area contributed by atoms with Crippen LogP contribution in [0.5, 0.6) is 0 Å². The second-order valence-electron chi connectivity index (χ2n) is 5.20. The number of benzene rings is 1. The molecule has 0 radical (unpaired) electrons. The first-order valence-corrected chi connectivity index (χ1v) is 6.69. The number of piperidine rings is 1. The molecule has 2 heterocycles. The van der Waals surface area contributed by atoms with Gasteiger partial charge in [-0.1, -0.05) is 12.5 Å². The quantitative estimate of drug-likeness (QED) is 0.758. The molecule has 18 heavy (non-hydrogen) atoms. The predicted molar refractivity (Wildman–Crippen MR) is 67.8 cm³/mol. The van der Waals surface area contributed by atoms with Gasteiger partial charge in [-0.25, -0.2) is 8.78 Å². The molecule has 0 bridgehead atoms. The van der Waals surface area contributed by atoms with Gasteiger partial charge in [-0.05, 0) is 31.5 Å². The van der Waals surface area contributed by atoms with Crippen molar-refractivity contribution in [3.8, 4) is 0 Å². The molecule has 0 N–H and O–H groups in total. The molecule has 4 heteroatoms.